The second kappa shape index (κ2) is 6.38. The van der Waals surface area contributed by atoms with Crippen LogP contribution in [-0.2, 0) is 4.74 Å². The molecule has 1 spiro atoms. The fourth-order valence-corrected chi connectivity index (χ4v) is 3.74. The van der Waals surface area contributed by atoms with Gasteiger partial charge in [-0.3, -0.25) is 4.79 Å². The topological polar surface area (TPSA) is 72.3 Å². The number of pyridine rings is 1. The lowest BCUT2D eigenvalue weighted by molar-refractivity contribution is -0.0954. The van der Waals surface area contributed by atoms with E-state index in [1.807, 2.05) is 15.5 Å². The summed E-state index contributed by atoms with van der Waals surface area (Å²) in [6, 6.07) is 2.15. The normalized spacial score (nSPS) is 20.5. The number of morpholine rings is 1. The summed E-state index contributed by atoms with van der Waals surface area (Å²) in [7, 11) is 0. The first-order valence-electron chi connectivity index (χ1n) is 9.05. The average Bonchev–Trinajstić information content (AvgIpc) is 3.06. The van der Waals surface area contributed by atoms with Gasteiger partial charge < -0.3 is 19.5 Å². The molecule has 0 saturated carbocycles. The quantitative estimate of drug-likeness (QED) is 0.897. The Morgan fingerprint density at radius 2 is 2.12 bits per heavy atom. The molecule has 2 aliphatic rings. The minimum absolute atomic E-state index is 0.0344. The highest BCUT2D eigenvalue weighted by molar-refractivity contribution is 5.96. The standard InChI is InChI=1S/C18H25N5O2/c1-13(2)23-12-21-15-9-14(10-20-16(15)23)17(24)22-6-3-18(4-7-22)11-19-5-8-25-18/h9-10,12-13,19H,3-8,11H2,1-2H3. The van der Waals surface area contributed by atoms with Crippen LogP contribution in [0.4, 0.5) is 0 Å². The first-order valence-corrected chi connectivity index (χ1v) is 9.05. The van der Waals surface area contributed by atoms with Crippen molar-refractivity contribution < 1.29 is 9.53 Å². The molecule has 4 heterocycles. The minimum Gasteiger partial charge on any atom is -0.372 e. The number of carbonyl (C=O) groups is 1. The van der Waals surface area contributed by atoms with Crippen molar-refractivity contribution in [3.05, 3.63) is 24.2 Å². The molecule has 1 amide bonds. The monoisotopic (exact) mass is 343 g/mol. The summed E-state index contributed by atoms with van der Waals surface area (Å²) < 4.78 is 8.01. The van der Waals surface area contributed by atoms with Crippen LogP contribution in [-0.4, -0.2) is 63.7 Å². The molecular weight excluding hydrogens is 318 g/mol. The van der Waals surface area contributed by atoms with Gasteiger partial charge in [0.15, 0.2) is 5.65 Å². The number of piperidine rings is 1. The first kappa shape index (κ1) is 16.5. The van der Waals surface area contributed by atoms with Gasteiger partial charge in [0.25, 0.3) is 5.91 Å². The van der Waals surface area contributed by atoms with Crippen LogP contribution in [0.25, 0.3) is 11.2 Å². The zero-order chi connectivity index (χ0) is 17.4. The van der Waals surface area contributed by atoms with E-state index in [4.69, 9.17) is 4.74 Å². The van der Waals surface area contributed by atoms with E-state index >= 15 is 0 Å². The number of nitrogens with zero attached hydrogens (tertiary/aromatic N) is 4. The lowest BCUT2D eigenvalue weighted by Crippen LogP contribution is -2.56. The lowest BCUT2D eigenvalue weighted by Gasteiger charge is -2.44. The van der Waals surface area contributed by atoms with Crippen LogP contribution < -0.4 is 5.32 Å². The van der Waals surface area contributed by atoms with Crippen molar-refractivity contribution in [2.45, 2.75) is 38.3 Å². The zero-order valence-electron chi connectivity index (χ0n) is 14.9. The van der Waals surface area contributed by atoms with E-state index in [0.717, 1.165) is 56.8 Å². The van der Waals surface area contributed by atoms with E-state index < -0.39 is 0 Å². The van der Waals surface area contributed by atoms with Crippen molar-refractivity contribution in [2.24, 2.45) is 0 Å². The second-order valence-electron chi connectivity index (χ2n) is 7.31. The molecule has 0 bridgehead atoms. The van der Waals surface area contributed by atoms with Gasteiger partial charge in [-0.15, -0.1) is 0 Å². The van der Waals surface area contributed by atoms with Gasteiger partial charge in [-0.05, 0) is 32.8 Å². The Labute approximate surface area is 147 Å². The number of carbonyl (C=O) groups excluding carboxylic acids is 1. The summed E-state index contributed by atoms with van der Waals surface area (Å²) in [5.74, 6) is 0.0344. The zero-order valence-corrected chi connectivity index (χ0v) is 14.9. The fraction of sp³-hybridized carbons (Fsp3) is 0.611. The number of amides is 1. The van der Waals surface area contributed by atoms with Crippen molar-refractivity contribution in [1.82, 2.24) is 24.8 Å². The molecule has 25 heavy (non-hydrogen) atoms. The van der Waals surface area contributed by atoms with Crippen LogP contribution in [0, 0.1) is 0 Å². The van der Waals surface area contributed by atoms with Gasteiger partial charge >= 0.3 is 0 Å². The van der Waals surface area contributed by atoms with Gasteiger partial charge in [0, 0.05) is 38.4 Å². The average molecular weight is 343 g/mol. The third-order valence-corrected chi connectivity index (χ3v) is 5.31. The van der Waals surface area contributed by atoms with E-state index in [0.29, 0.717) is 11.6 Å². The van der Waals surface area contributed by atoms with Crippen molar-refractivity contribution in [3.8, 4) is 0 Å². The molecule has 4 rings (SSSR count). The van der Waals surface area contributed by atoms with Crippen LogP contribution >= 0.6 is 0 Å². The van der Waals surface area contributed by atoms with E-state index in [1.54, 1.807) is 12.5 Å². The molecule has 2 fully saturated rings. The molecule has 7 nitrogen and oxygen atoms in total. The van der Waals surface area contributed by atoms with Gasteiger partial charge in [0.05, 0.1) is 24.1 Å². The molecule has 7 heteroatoms. The number of likely N-dealkylation sites (tertiary alicyclic amines) is 1. The Morgan fingerprint density at radius 3 is 2.80 bits per heavy atom. The smallest absolute Gasteiger partial charge is 0.255 e. The fourth-order valence-electron chi connectivity index (χ4n) is 3.74. The Hall–Kier alpha value is -1.99. The highest BCUT2D eigenvalue weighted by atomic mass is 16.5. The molecule has 0 radical (unpaired) electrons. The van der Waals surface area contributed by atoms with Crippen LogP contribution in [0.5, 0.6) is 0 Å². The van der Waals surface area contributed by atoms with Crippen LogP contribution in [0.15, 0.2) is 18.6 Å². The molecule has 2 aromatic heterocycles. The van der Waals surface area contributed by atoms with E-state index in [-0.39, 0.29) is 11.5 Å². The minimum atomic E-state index is -0.0900. The van der Waals surface area contributed by atoms with Gasteiger partial charge in [-0.1, -0.05) is 0 Å². The third-order valence-electron chi connectivity index (χ3n) is 5.31. The van der Waals surface area contributed by atoms with E-state index in [2.05, 4.69) is 29.1 Å². The van der Waals surface area contributed by atoms with Crippen molar-refractivity contribution in [3.63, 3.8) is 0 Å². The van der Waals surface area contributed by atoms with Crippen LogP contribution in [0.3, 0.4) is 0 Å². The molecule has 0 unspecified atom stereocenters. The predicted molar refractivity (Wildman–Crippen MR) is 94.6 cm³/mol. The molecule has 2 aliphatic heterocycles. The third kappa shape index (κ3) is 3.02. The van der Waals surface area contributed by atoms with Crippen LogP contribution in [0.2, 0.25) is 0 Å². The molecule has 134 valence electrons. The number of rotatable bonds is 2. The lowest BCUT2D eigenvalue weighted by atomic mass is 9.90. The van der Waals surface area contributed by atoms with Gasteiger partial charge in [0.1, 0.15) is 5.52 Å². The molecule has 0 aromatic carbocycles. The van der Waals surface area contributed by atoms with Gasteiger partial charge in [0.2, 0.25) is 0 Å². The molecule has 2 saturated heterocycles. The SMILES string of the molecule is CC(C)n1cnc2cc(C(=O)N3CCC4(CC3)CNCCO4)cnc21. The molecule has 0 atom stereocenters. The van der Waals surface area contributed by atoms with Gasteiger partial charge in [-0.25, -0.2) is 9.97 Å². The first-order chi connectivity index (χ1) is 12.1. The Morgan fingerprint density at radius 1 is 1.32 bits per heavy atom. The van der Waals surface area contributed by atoms with Crippen LogP contribution in [0.1, 0.15) is 43.1 Å². The molecular formula is C18H25N5O2. The highest BCUT2D eigenvalue weighted by Crippen LogP contribution is 2.28. The predicted octanol–water partition coefficient (Wildman–Crippen LogP) is 1.61. The van der Waals surface area contributed by atoms with Crippen molar-refractivity contribution >= 4 is 17.1 Å². The summed E-state index contributed by atoms with van der Waals surface area (Å²) in [5.41, 5.74) is 2.12. The Bertz CT molecular complexity index is 769. The number of aromatic nitrogens is 3. The maximum atomic E-state index is 12.9. The number of imidazole rings is 1. The van der Waals surface area contributed by atoms with E-state index in [9.17, 15) is 4.79 Å². The summed E-state index contributed by atoms with van der Waals surface area (Å²) in [6.45, 7) is 8.18. The largest absolute Gasteiger partial charge is 0.372 e. The van der Waals surface area contributed by atoms with Crippen molar-refractivity contribution in [2.75, 3.05) is 32.8 Å². The molecule has 2 aromatic rings. The number of nitrogens with one attached hydrogen (secondary N) is 1. The maximum absolute atomic E-state index is 12.9. The maximum Gasteiger partial charge on any atom is 0.255 e. The van der Waals surface area contributed by atoms with Crippen molar-refractivity contribution in [1.29, 1.82) is 0 Å². The summed E-state index contributed by atoms with van der Waals surface area (Å²) in [6.07, 6.45) is 5.22. The number of ether oxygens (including phenoxy) is 1. The Balaban J connectivity index is 1.49. The number of hydrogen-bond donors (Lipinski definition) is 1. The molecule has 1 N–H and O–H groups in total. The summed E-state index contributed by atoms with van der Waals surface area (Å²) >= 11 is 0. The number of hydrogen-bond acceptors (Lipinski definition) is 5. The summed E-state index contributed by atoms with van der Waals surface area (Å²) in [5, 5.41) is 3.40. The second-order valence-corrected chi connectivity index (χ2v) is 7.31. The van der Waals surface area contributed by atoms with Gasteiger partial charge in [-0.2, -0.15) is 0 Å². The number of fused-ring (bicyclic) bond motifs is 1. The molecule has 0 aliphatic carbocycles. The Kier molecular flexibility index (Phi) is 4.21. The highest BCUT2D eigenvalue weighted by Gasteiger charge is 2.38. The summed E-state index contributed by atoms with van der Waals surface area (Å²) in [4.78, 5) is 23.6. The van der Waals surface area contributed by atoms with E-state index in [1.165, 1.54) is 0 Å².